The second kappa shape index (κ2) is 8.06. The van der Waals surface area contributed by atoms with Crippen LogP contribution in [0.3, 0.4) is 0 Å². The standard InChI is InChI=1S/C17H16BrF2N3O2/c1-9-2-3-10(6-12(9)19)17(25)23-5-4-22-14-8-11(18)7-13(20)15(14)16(21)24/h2-3,6-8,22H,4-5H2,1H3,(H2,21,24)(H,23,25). The lowest BCUT2D eigenvalue weighted by atomic mass is 10.1. The van der Waals surface area contributed by atoms with Gasteiger partial charge >= 0.3 is 0 Å². The van der Waals surface area contributed by atoms with Crippen molar-refractivity contribution in [1.82, 2.24) is 5.32 Å². The summed E-state index contributed by atoms with van der Waals surface area (Å²) >= 11 is 3.13. The molecular weight excluding hydrogens is 396 g/mol. The van der Waals surface area contributed by atoms with Crippen LogP contribution in [0.15, 0.2) is 34.8 Å². The smallest absolute Gasteiger partial charge is 0.253 e. The minimum atomic E-state index is -0.897. The van der Waals surface area contributed by atoms with Crippen molar-refractivity contribution in [1.29, 1.82) is 0 Å². The zero-order chi connectivity index (χ0) is 18.6. The largest absolute Gasteiger partial charge is 0.383 e. The lowest BCUT2D eigenvalue weighted by molar-refractivity contribution is 0.0952. The van der Waals surface area contributed by atoms with Gasteiger partial charge in [-0.2, -0.15) is 0 Å². The molecule has 132 valence electrons. The first-order chi connectivity index (χ1) is 11.8. The van der Waals surface area contributed by atoms with Crippen LogP contribution in [0, 0.1) is 18.6 Å². The van der Waals surface area contributed by atoms with Gasteiger partial charge in [-0.3, -0.25) is 9.59 Å². The van der Waals surface area contributed by atoms with Gasteiger partial charge in [-0.05, 0) is 36.8 Å². The van der Waals surface area contributed by atoms with E-state index in [0.29, 0.717) is 10.0 Å². The van der Waals surface area contributed by atoms with E-state index in [-0.39, 0.29) is 29.9 Å². The predicted octanol–water partition coefficient (Wildman–Crippen LogP) is 2.98. The number of hydrogen-bond donors (Lipinski definition) is 3. The molecule has 0 saturated carbocycles. The van der Waals surface area contributed by atoms with E-state index in [1.54, 1.807) is 6.92 Å². The van der Waals surface area contributed by atoms with Gasteiger partial charge in [0.2, 0.25) is 0 Å². The summed E-state index contributed by atoms with van der Waals surface area (Å²) in [6.45, 7) is 2.01. The van der Waals surface area contributed by atoms with Gasteiger partial charge < -0.3 is 16.4 Å². The summed E-state index contributed by atoms with van der Waals surface area (Å²) in [7, 11) is 0. The van der Waals surface area contributed by atoms with Gasteiger partial charge in [0, 0.05) is 23.1 Å². The number of rotatable bonds is 6. The highest BCUT2D eigenvalue weighted by Gasteiger charge is 2.15. The Balaban J connectivity index is 1.96. The maximum Gasteiger partial charge on any atom is 0.253 e. The van der Waals surface area contributed by atoms with Crippen LogP contribution in [0.25, 0.3) is 0 Å². The Morgan fingerprint density at radius 2 is 1.84 bits per heavy atom. The Morgan fingerprint density at radius 3 is 2.48 bits per heavy atom. The normalized spacial score (nSPS) is 10.4. The van der Waals surface area contributed by atoms with Crippen LogP contribution in [-0.4, -0.2) is 24.9 Å². The summed E-state index contributed by atoms with van der Waals surface area (Å²) in [6.07, 6.45) is 0. The summed E-state index contributed by atoms with van der Waals surface area (Å²) in [5, 5.41) is 5.45. The molecule has 4 N–H and O–H groups in total. The van der Waals surface area contributed by atoms with Crippen LogP contribution in [-0.2, 0) is 0 Å². The second-order valence-corrected chi connectivity index (χ2v) is 6.24. The fraction of sp³-hybridized carbons (Fsp3) is 0.176. The van der Waals surface area contributed by atoms with E-state index < -0.39 is 23.4 Å². The van der Waals surface area contributed by atoms with Crippen LogP contribution in [0.4, 0.5) is 14.5 Å². The molecule has 0 aliphatic rings. The van der Waals surface area contributed by atoms with Crippen LogP contribution >= 0.6 is 15.9 Å². The number of nitrogens with two attached hydrogens (primary N) is 1. The van der Waals surface area contributed by atoms with Crippen molar-refractivity contribution in [2.75, 3.05) is 18.4 Å². The number of carbonyl (C=O) groups excluding carboxylic acids is 2. The molecule has 0 saturated heterocycles. The van der Waals surface area contributed by atoms with Crippen LogP contribution < -0.4 is 16.4 Å². The third kappa shape index (κ3) is 4.76. The van der Waals surface area contributed by atoms with Crippen molar-refractivity contribution in [3.63, 3.8) is 0 Å². The van der Waals surface area contributed by atoms with Gasteiger partial charge in [0.1, 0.15) is 11.6 Å². The first-order valence-corrected chi connectivity index (χ1v) is 8.16. The molecule has 0 heterocycles. The molecular formula is C17H16BrF2N3O2. The molecule has 0 bridgehead atoms. The lowest BCUT2D eigenvalue weighted by Crippen LogP contribution is -2.29. The first kappa shape index (κ1) is 18.9. The number of anilines is 1. The number of hydrogen-bond acceptors (Lipinski definition) is 3. The van der Waals surface area contributed by atoms with E-state index >= 15 is 0 Å². The highest BCUT2D eigenvalue weighted by Crippen LogP contribution is 2.24. The van der Waals surface area contributed by atoms with Crippen LogP contribution in [0.1, 0.15) is 26.3 Å². The maximum atomic E-state index is 13.8. The average Bonchev–Trinajstić information content (AvgIpc) is 2.52. The quantitative estimate of drug-likeness (QED) is 0.638. The monoisotopic (exact) mass is 411 g/mol. The third-order valence-electron chi connectivity index (χ3n) is 3.46. The fourth-order valence-electron chi connectivity index (χ4n) is 2.17. The first-order valence-electron chi connectivity index (χ1n) is 7.36. The summed E-state index contributed by atoms with van der Waals surface area (Å²) in [4.78, 5) is 23.3. The lowest BCUT2D eigenvalue weighted by Gasteiger charge is -2.12. The second-order valence-electron chi connectivity index (χ2n) is 5.32. The van der Waals surface area contributed by atoms with Crippen molar-refractivity contribution < 1.29 is 18.4 Å². The number of nitrogens with one attached hydrogen (secondary N) is 2. The van der Waals surface area contributed by atoms with E-state index in [1.807, 2.05) is 0 Å². The molecule has 8 heteroatoms. The molecule has 5 nitrogen and oxygen atoms in total. The zero-order valence-corrected chi connectivity index (χ0v) is 14.9. The van der Waals surface area contributed by atoms with E-state index in [2.05, 4.69) is 26.6 Å². The molecule has 2 aromatic rings. The van der Waals surface area contributed by atoms with Gasteiger partial charge in [0.25, 0.3) is 11.8 Å². The Bertz CT molecular complexity index is 828. The zero-order valence-electron chi connectivity index (χ0n) is 13.3. The van der Waals surface area contributed by atoms with Crippen molar-refractivity contribution >= 4 is 33.4 Å². The molecule has 0 aliphatic heterocycles. The average molecular weight is 412 g/mol. The van der Waals surface area contributed by atoms with Crippen molar-refractivity contribution in [3.05, 3.63) is 63.1 Å². The highest BCUT2D eigenvalue weighted by molar-refractivity contribution is 9.10. The molecule has 0 unspecified atom stereocenters. The Morgan fingerprint density at radius 1 is 1.12 bits per heavy atom. The number of aryl methyl sites for hydroxylation is 1. The fourth-order valence-corrected chi connectivity index (χ4v) is 2.60. The van der Waals surface area contributed by atoms with Gasteiger partial charge in [0.15, 0.2) is 0 Å². The topological polar surface area (TPSA) is 84.2 Å². The molecule has 0 atom stereocenters. The number of primary amides is 1. The van der Waals surface area contributed by atoms with E-state index in [1.165, 1.54) is 18.2 Å². The molecule has 2 rings (SSSR count). The van der Waals surface area contributed by atoms with Crippen molar-refractivity contribution in [3.8, 4) is 0 Å². The summed E-state index contributed by atoms with van der Waals surface area (Å²) in [5.74, 6) is -2.53. The van der Waals surface area contributed by atoms with Crippen LogP contribution in [0.5, 0.6) is 0 Å². The Hall–Kier alpha value is -2.48. The molecule has 0 radical (unpaired) electrons. The SMILES string of the molecule is Cc1ccc(C(=O)NCCNc2cc(Br)cc(F)c2C(N)=O)cc1F. The molecule has 0 spiro atoms. The molecule has 0 fully saturated rings. The number of halogens is 3. The summed E-state index contributed by atoms with van der Waals surface area (Å²) < 4.78 is 27.7. The van der Waals surface area contributed by atoms with Crippen molar-refractivity contribution in [2.24, 2.45) is 5.73 Å². The molecule has 2 amide bonds. The number of carbonyl (C=O) groups is 2. The third-order valence-corrected chi connectivity index (χ3v) is 3.92. The van der Waals surface area contributed by atoms with Gasteiger partial charge in [-0.1, -0.05) is 22.0 Å². The minimum Gasteiger partial charge on any atom is -0.383 e. The summed E-state index contributed by atoms with van der Waals surface area (Å²) in [6, 6.07) is 6.86. The Kier molecular flexibility index (Phi) is 6.08. The van der Waals surface area contributed by atoms with Crippen molar-refractivity contribution in [2.45, 2.75) is 6.92 Å². The van der Waals surface area contributed by atoms with Gasteiger partial charge in [-0.15, -0.1) is 0 Å². The molecule has 0 aliphatic carbocycles. The molecule has 2 aromatic carbocycles. The predicted molar refractivity (Wildman–Crippen MR) is 94.6 cm³/mol. The van der Waals surface area contributed by atoms with E-state index in [9.17, 15) is 18.4 Å². The summed E-state index contributed by atoms with van der Waals surface area (Å²) in [5.41, 5.74) is 5.80. The van der Waals surface area contributed by atoms with Crippen LogP contribution in [0.2, 0.25) is 0 Å². The molecule has 0 aromatic heterocycles. The Labute approximate surface area is 151 Å². The number of amides is 2. The van der Waals surface area contributed by atoms with E-state index in [4.69, 9.17) is 5.73 Å². The van der Waals surface area contributed by atoms with Gasteiger partial charge in [0.05, 0.1) is 11.3 Å². The highest BCUT2D eigenvalue weighted by atomic mass is 79.9. The minimum absolute atomic E-state index is 0.181. The number of benzene rings is 2. The van der Waals surface area contributed by atoms with E-state index in [0.717, 1.165) is 12.1 Å². The molecule has 25 heavy (non-hydrogen) atoms. The maximum absolute atomic E-state index is 13.8. The van der Waals surface area contributed by atoms with Gasteiger partial charge in [-0.25, -0.2) is 8.78 Å².